The lowest BCUT2D eigenvalue weighted by Gasteiger charge is -2.13. The maximum atomic E-state index is 5.64. The highest BCUT2D eigenvalue weighted by molar-refractivity contribution is 5.79. The molecule has 0 aliphatic rings. The SMILES string of the molecule is CN=C(NCc1ccc(OC(C)C)cc1)NCc1ccccn1. The molecule has 0 spiro atoms. The van der Waals surface area contributed by atoms with E-state index in [0.717, 1.165) is 17.4 Å². The van der Waals surface area contributed by atoms with Crippen LogP contribution >= 0.6 is 0 Å². The lowest BCUT2D eigenvalue weighted by Crippen LogP contribution is -2.36. The minimum atomic E-state index is 0.189. The second-order valence-corrected chi connectivity index (χ2v) is 5.41. The summed E-state index contributed by atoms with van der Waals surface area (Å²) in [4.78, 5) is 8.49. The van der Waals surface area contributed by atoms with Crippen molar-refractivity contribution in [1.29, 1.82) is 0 Å². The van der Waals surface area contributed by atoms with Crippen LogP contribution in [0.3, 0.4) is 0 Å². The van der Waals surface area contributed by atoms with E-state index in [1.54, 1.807) is 13.2 Å². The van der Waals surface area contributed by atoms with Gasteiger partial charge in [0.2, 0.25) is 0 Å². The van der Waals surface area contributed by atoms with Crippen LogP contribution in [0.2, 0.25) is 0 Å². The molecule has 0 bridgehead atoms. The lowest BCUT2D eigenvalue weighted by molar-refractivity contribution is 0.242. The number of hydrogen-bond donors (Lipinski definition) is 2. The van der Waals surface area contributed by atoms with Crippen molar-refractivity contribution in [3.63, 3.8) is 0 Å². The summed E-state index contributed by atoms with van der Waals surface area (Å²) in [6, 6.07) is 13.9. The molecule has 23 heavy (non-hydrogen) atoms. The Morgan fingerprint density at radius 2 is 1.83 bits per heavy atom. The second-order valence-electron chi connectivity index (χ2n) is 5.41. The van der Waals surface area contributed by atoms with Gasteiger partial charge < -0.3 is 15.4 Å². The van der Waals surface area contributed by atoms with Gasteiger partial charge in [0.25, 0.3) is 0 Å². The summed E-state index contributed by atoms with van der Waals surface area (Å²) in [6.45, 7) is 5.38. The summed E-state index contributed by atoms with van der Waals surface area (Å²) < 4.78 is 5.64. The van der Waals surface area contributed by atoms with Gasteiger partial charge in [0.05, 0.1) is 18.3 Å². The molecule has 2 N–H and O–H groups in total. The maximum absolute atomic E-state index is 5.64. The molecule has 1 heterocycles. The van der Waals surface area contributed by atoms with Gasteiger partial charge in [-0.25, -0.2) is 0 Å². The van der Waals surface area contributed by atoms with E-state index in [4.69, 9.17) is 4.74 Å². The molecule has 1 aromatic heterocycles. The Hall–Kier alpha value is -2.56. The lowest BCUT2D eigenvalue weighted by atomic mass is 10.2. The van der Waals surface area contributed by atoms with Crippen LogP contribution in [0.25, 0.3) is 0 Å². The molecule has 5 nitrogen and oxygen atoms in total. The summed E-state index contributed by atoms with van der Waals surface area (Å²) in [5, 5.41) is 6.53. The van der Waals surface area contributed by atoms with Gasteiger partial charge in [-0.2, -0.15) is 0 Å². The molecule has 0 amide bonds. The Morgan fingerprint density at radius 1 is 1.09 bits per heavy atom. The van der Waals surface area contributed by atoms with Crippen LogP contribution < -0.4 is 15.4 Å². The van der Waals surface area contributed by atoms with Crippen molar-refractivity contribution >= 4 is 5.96 Å². The highest BCUT2D eigenvalue weighted by Crippen LogP contribution is 2.13. The number of pyridine rings is 1. The molecule has 0 saturated carbocycles. The molecule has 0 atom stereocenters. The minimum Gasteiger partial charge on any atom is -0.491 e. The van der Waals surface area contributed by atoms with E-state index in [-0.39, 0.29) is 6.10 Å². The number of nitrogens with zero attached hydrogens (tertiary/aromatic N) is 2. The van der Waals surface area contributed by atoms with Gasteiger partial charge in [-0.05, 0) is 43.7 Å². The van der Waals surface area contributed by atoms with Crippen molar-refractivity contribution < 1.29 is 4.74 Å². The van der Waals surface area contributed by atoms with E-state index in [1.165, 1.54) is 5.56 Å². The molecule has 0 aliphatic heterocycles. The third-order valence-corrected chi connectivity index (χ3v) is 3.14. The first-order chi connectivity index (χ1) is 11.2. The Labute approximate surface area is 137 Å². The highest BCUT2D eigenvalue weighted by Gasteiger charge is 2.01. The summed E-state index contributed by atoms with van der Waals surface area (Å²) in [5.74, 6) is 1.64. The first kappa shape index (κ1) is 16.8. The van der Waals surface area contributed by atoms with Crippen LogP contribution in [-0.4, -0.2) is 24.1 Å². The zero-order chi connectivity index (χ0) is 16.5. The predicted octanol–water partition coefficient (Wildman–Crippen LogP) is 2.73. The summed E-state index contributed by atoms with van der Waals surface area (Å²) in [5.41, 5.74) is 2.15. The molecule has 0 saturated heterocycles. The smallest absolute Gasteiger partial charge is 0.191 e. The second kappa shape index (κ2) is 8.78. The van der Waals surface area contributed by atoms with Gasteiger partial charge in [-0.1, -0.05) is 18.2 Å². The number of ether oxygens (including phenoxy) is 1. The molecular weight excluding hydrogens is 288 g/mol. The number of aliphatic imine (C=N–C) groups is 1. The van der Waals surface area contributed by atoms with E-state index in [2.05, 4.69) is 32.7 Å². The van der Waals surface area contributed by atoms with Gasteiger partial charge in [-0.15, -0.1) is 0 Å². The molecule has 0 aliphatic carbocycles. The van der Waals surface area contributed by atoms with Gasteiger partial charge in [-0.3, -0.25) is 9.98 Å². The standard InChI is InChI=1S/C18H24N4O/c1-14(2)23-17-9-7-15(8-10-17)12-21-18(19-3)22-13-16-6-4-5-11-20-16/h4-11,14H,12-13H2,1-3H3,(H2,19,21,22). The predicted molar refractivity (Wildman–Crippen MR) is 93.5 cm³/mol. The molecule has 2 rings (SSSR count). The average molecular weight is 312 g/mol. The maximum Gasteiger partial charge on any atom is 0.191 e. The Morgan fingerprint density at radius 3 is 2.43 bits per heavy atom. The summed E-state index contributed by atoms with van der Waals surface area (Å²) in [7, 11) is 1.76. The fraction of sp³-hybridized carbons (Fsp3) is 0.333. The molecule has 122 valence electrons. The number of hydrogen-bond acceptors (Lipinski definition) is 3. The Kier molecular flexibility index (Phi) is 6.41. The van der Waals surface area contributed by atoms with Crippen molar-refractivity contribution in [3.8, 4) is 5.75 Å². The number of benzene rings is 1. The van der Waals surface area contributed by atoms with Crippen molar-refractivity contribution in [3.05, 3.63) is 59.9 Å². The fourth-order valence-corrected chi connectivity index (χ4v) is 2.04. The van der Waals surface area contributed by atoms with Crippen LogP contribution in [0.15, 0.2) is 53.7 Å². The van der Waals surface area contributed by atoms with E-state index in [1.807, 2.05) is 44.2 Å². The first-order valence-corrected chi connectivity index (χ1v) is 7.77. The van der Waals surface area contributed by atoms with Gasteiger partial charge in [0.15, 0.2) is 5.96 Å². The number of rotatable bonds is 6. The Bertz CT molecular complexity index is 609. The normalized spacial score (nSPS) is 11.4. The number of guanidine groups is 1. The molecule has 0 radical (unpaired) electrons. The van der Waals surface area contributed by atoms with Gasteiger partial charge in [0, 0.05) is 19.8 Å². The van der Waals surface area contributed by atoms with E-state index < -0.39 is 0 Å². The number of nitrogens with one attached hydrogen (secondary N) is 2. The zero-order valence-electron chi connectivity index (χ0n) is 13.9. The first-order valence-electron chi connectivity index (χ1n) is 7.77. The van der Waals surface area contributed by atoms with Gasteiger partial charge >= 0.3 is 0 Å². The van der Waals surface area contributed by atoms with Crippen LogP contribution in [0.5, 0.6) is 5.75 Å². The molecule has 1 aromatic carbocycles. The minimum absolute atomic E-state index is 0.189. The third kappa shape index (κ3) is 5.98. The Balaban J connectivity index is 1.81. The quantitative estimate of drug-likeness (QED) is 0.636. The van der Waals surface area contributed by atoms with E-state index in [0.29, 0.717) is 13.1 Å². The number of aromatic nitrogens is 1. The van der Waals surface area contributed by atoms with Gasteiger partial charge in [0.1, 0.15) is 5.75 Å². The highest BCUT2D eigenvalue weighted by atomic mass is 16.5. The zero-order valence-corrected chi connectivity index (χ0v) is 13.9. The van der Waals surface area contributed by atoms with Crippen molar-refractivity contribution in [2.75, 3.05) is 7.05 Å². The molecule has 2 aromatic rings. The van der Waals surface area contributed by atoms with E-state index >= 15 is 0 Å². The fourth-order valence-electron chi connectivity index (χ4n) is 2.04. The van der Waals surface area contributed by atoms with Crippen LogP contribution in [0.1, 0.15) is 25.1 Å². The van der Waals surface area contributed by atoms with Crippen LogP contribution in [0, 0.1) is 0 Å². The summed E-state index contributed by atoms with van der Waals surface area (Å²) >= 11 is 0. The molecular formula is C18H24N4O. The monoisotopic (exact) mass is 312 g/mol. The van der Waals surface area contributed by atoms with E-state index in [9.17, 15) is 0 Å². The topological polar surface area (TPSA) is 58.5 Å². The van der Waals surface area contributed by atoms with Crippen LogP contribution in [0.4, 0.5) is 0 Å². The molecule has 0 unspecified atom stereocenters. The van der Waals surface area contributed by atoms with Crippen molar-refractivity contribution in [2.24, 2.45) is 4.99 Å². The van der Waals surface area contributed by atoms with Crippen molar-refractivity contribution in [2.45, 2.75) is 33.0 Å². The van der Waals surface area contributed by atoms with Crippen molar-refractivity contribution in [1.82, 2.24) is 15.6 Å². The summed E-state index contributed by atoms with van der Waals surface area (Å²) in [6.07, 6.45) is 1.97. The largest absolute Gasteiger partial charge is 0.491 e. The molecule has 5 heteroatoms. The molecule has 0 fully saturated rings. The van der Waals surface area contributed by atoms with Crippen LogP contribution in [-0.2, 0) is 13.1 Å². The average Bonchev–Trinajstić information content (AvgIpc) is 2.57. The third-order valence-electron chi connectivity index (χ3n) is 3.14.